The molecule has 5 nitrogen and oxygen atoms in total. The van der Waals surface area contributed by atoms with E-state index in [0.717, 1.165) is 24.4 Å². The molecule has 0 amide bonds. The van der Waals surface area contributed by atoms with Gasteiger partial charge in [0.15, 0.2) is 5.82 Å². The van der Waals surface area contributed by atoms with Gasteiger partial charge in [-0.3, -0.25) is 0 Å². The van der Waals surface area contributed by atoms with Crippen LogP contribution in [0, 0.1) is 5.92 Å². The fourth-order valence-electron chi connectivity index (χ4n) is 2.74. The first-order valence-corrected chi connectivity index (χ1v) is 8.25. The summed E-state index contributed by atoms with van der Waals surface area (Å²) >= 11 is 6.32. The van der Waals surface area contributed by atoms with Crippen molar-refractivity contribution in [2.24, 2.45) is 5.92 Å². The number of hydrogen-bond acceptors (Lipinski definition) is 5. The molecule has 1 aliphatic carbocycles. The van der Waals surface area contributed by atoms with Gasteiger partial charge >= 0.3 is 0 Å². The number of benzene rings is 1. The Morgan fingerprint density at radius 1 is 1.35 bits per heavy atom. The van der Waals surface area contributed by atoms with Crippen LogP contribution in [-0.2, 0) is 0 Å². The van der Waals surface area contributed by atoms with Crippen LogP contribution in [0.5, 0.6) is 5.75 Å². The van der Waals surface area contributed by atoms with E-state index in [9.17, 15) is 0 Å². The van der Waals surface area contributed by atoms with Gasteiger partial charge < -0.3 is 15.8 Å². The highest BCUT2D eigenvalue weighted by molar-refractivity contribution is 6.33. The number of rotatable bonds is 6. The van der Waals surface area contributed by atoms with E-state index in [0.29, 0.717) is 28.0 Å². The summed E-state index contributed by atoms with van der Waals surface area (Å²) in [6, 6.07) is 5.45. The molecule has 3 N–H and O–H groups in total. The minimum Gasteiger partial charge on any atom is -0.497 e. The van der Waals surface area contributed by atoms with Gasteiger partial charge in [-0.15, -0.1) is 0 Å². The van der Waals surface area contributed by atoms with Crippen LogP contribution < -0.4 is 15.8 Å². The van der Waals surface area contributed by atoms with E-state index in [1.807, 2.05) is 12.1 Å². The van der Waals surface area contributed by atoms with E-state index in [1.165, 1.54) is 25.6 Å². The molecule has 122 valence electrons. The van der Waals surface area contributed by atoms with Crippen LogP contribution >= 0.6 is 11.6 Å². The number of hydrogen-bond donors (Lipinski definition) is 2. The highest BCUT2D eigenvalue weighted by Crippen LogP contribution is 2.35. The van der Waals surface area contributed by atoms with Crippen LogP contribution in [0.1, 0.15) is 25.7 Å². The Labute approximate surface area is 141 Å². The Bertz CT molecular complexity index is 688. The zero-order valence-corrected chi connectivity index (χ0v) is 13.9. The Kier molecular flexibility index (Phi) is 4.86. The van der Waals surface area contributed by atoms with Crippen LogP contribution in [0.15, 0.2) is 24.5 Å². The second-order valence-corrected chi connectivity index (χ2v) is 6.25. The molecule has 1 heterocycles. The van der Waals surface area contributed by atoms with Crippen LogP contribution in [0.2, 0.25) is 5.02 Å². The number of ether oxygens (including phenoxy) is 1. The third kappa shape index (κ3) is 3.50. The van der Waals surface area contributed by atoms with Crippen molar-refractivity contribution in [3.05, 3.63) is 29.5 Å². The summed E-state index contributed by atoms with van der Waals surface area (Å²) in [7, 11) is 1.61. The standard InChI is InChI=1S/C17H21ClN4O/c1-23-12-5-6-13(14(18)9-12)16-15(19)17(22-10-21-16)20-8-7-11-3-2-4-11/h5-6,9-11H,2-4,7-8,19H2,1H3,(H,20,21,22). The number of nitrogens with two attached hydrogens (primary N) is 1. The van der Waals surface area contributed by atoms with Crippen molar-refractivity contribution in [3.63, 3.8) is 0 Å². The average Bonchev–Trinajstić information content (AvgIpc) is 2.51. The lowest BCUT2D eigenvalue weighted by Gasteiger charge is -2.25. The molecule has 3 rings (SSSR count). The Morgan fingerprint density at radius 3 is 2.83 bits per heavy atom. The number of methoxy groups -OCH3 is 1. The largest absolute Gasteiger partial charge is 0.497 e. The molecule has 1 aromatic carbocycles. The molecule has 0 aliphatic heterocycles. The smallest absolute Gasteiger partial charge is 0.153 e. The maximum atomic E-state index is 6.32. The first kappa shape index (κ1) is 15.9. The van der Waals surface area contributed by atoms with E-state index >= 15 is 0 Å². The van der Waals surface area contributed by atoms with Gasteiger partial charge in [-0.1, -0.05) is 30.9 Å². The third-order valence-electron chi connectivity index (χ3n) is 4.39. The predicted octanol–water partition coefficient (Wildman–Crippen LogP) is 3.99. The zero-order chi connectivity index (χ0) is 16.2. The topological polar surface area (TPSA) is 73.1 Å². The zero-order valence-electron chi connectivity index (χ0n) is 13.2. The first-order chi connectivity index (χ1) is 11.2. The molecule has 1 aromatic heterocycles. The monoisotopic (exact) mass is 332 g/mol. The van der Waals surface area contributed by atoms with Gasteiger partial charge in [0.1, 0.15) is 23.5 Å². The molecular formula is C17H21ClN4O. The average molecular weight is 333 g/mol. The SMILES string of the molecule is COc1ccc(-c2ncnc(NCCC3CCC3)c2N)c(Cl)c1. The van der Waals surface area contributed by atoms with Gasteiger partial charge in [-0.25, -0.2) is 9.97 Å². The number of nitrogen functional groups attached to an aromatic ring is 1. The third-order valence-corrected chi connectivity index (χ3v) is 4.70. The summed E-state index contributed by atoms with van der Waals surface area (Å²) in [5, 5.41) is 3.87. The highest BCUT2D eigenvalue weighted by atomic mass is 35.5. The van der Waals surface area contributed by atoms with Gasteiger partial charge in [0.25, 0.3) is 0 Å². The van der Waals surface area contributed by atoms with E-state index in [2.05, 4.69) is 15.3 Å². The fraction of sp³-hybridized carbons (Fsp3) is 0.412. The van der Waals surface area contributed by atoms with Gasteiger partial charge in [0.05, 0.1) is 12.1 Å². The van der Waals surface area contributed by atoms with Crippen LogP contribution in [0.25, 0.3) is 11.3 Å². The van der Waals surface area contributed by atoms with Gasteiger partial charge in [0, 0.05) is 12.1 Å². The number of nitrogens with zero attached hydrogens (tertiary/aromatic N) is 2. The summed E-state index contributed by atoms with van der Waals surface area (Å²) in [5.41, 5.74) is 8.17. The second-order valence-electron chi connectivity index (χ2n) is 5.84. The molecule has 1 fully saturated rings. The van der Waals surface area contributed by atoms with Gasteiger partial charge in [-0.05, 0) is 30.5 Å². The van der Waals surface area contributed by atoms with Gasteiger partial charge in [-0.2, -0.15) is 0 Å². The Hall–Kier alpha value is -2.01. The molecule has 0 unspecified atom stereocenters. The first-order valence-electron chi connectivity index (χ1n) is 7.87. The van der Waals surface area contributed by atoms with Gasteiger partial charge in [0.2, 0.25) is 0 Å². The molecule has 0 bridgehead atoms. The quantitative estimate of drug-likeness (QED) is 0.836. The normalized spacial score (nSPS) is 14.3. The van der Waals surface area contributed by atoms with Crippen molar-refractivity contribution in [2.45, 2.75) is 25.7 Å². The number of anilines is 2. The lowest BCUT2D eigenvalue weighted by molar-refractivity contribution is 0.303. The summed E-state index contributed by atoms with van der Waals surface area (Å²) < 4.78 is 5.17. The Balaban J connectivity index is 1.78. The molecule has 6 heteroatoms. The molecule has 1 saturated carbocycles. The molecule has 0 radical (unpaired) electrons. The van der Waals surface area contributed by atoms with Crippen molar-refractivity contribution in [3.8, 4) is 17.0 Å². The van der Waals surface area contributed by atoms with Crippen molar-refractivity contribution in [1.82, 2.24) is 9.97 Å². The molecule has 0 saturated heterocycles. The van der Waals surface area contributed by atoms with Crippen molar-refractivity contribution in [2.75, 3.05) is 24.7 Å². The van der Waals surface area contributed by atoms with Crippen LogP contribution in [-0.4, -0.2) is 23.6 Å². The highest BCUT2D eigenvalue weighted by Gasteiger charge is 2.17. The van der Waals surface area contributed by atoms with E-state index in [-0.39, 0.29) is 0 Å². The summed E-state index contributed by atoms with van der Waals surface area (Å²) in [6.07, 6.45) is 6.71. The van der Waals surface area contributed by atoms with Crippen molar-refractivity contribution >= 4 is 23.1 Å². The van der Waals surface area contributed by atoms with E-state index in [4.69, 9.17) is 22.1 Å². The van der Waals surface area contributed by atoms with E-state index in [1.54, 1.807) is 13.2 Å². The molecule has 0 spiro atoms. The summed E-state index contributed by atoms with van der Waals surface area (Å²) in [4.78, 5) is 8.55. The minimum atomic E-state index is 0.521. The van der Waals surface area contributed by atoms with Crippen molar-refractivity contribution < 1.29 is 4.74 Å². The maximum Gasteiger partial charge on any atom is 0.153 e. The fourth-order valence-corrected chi connectivity index (χ4v) is 3.00. The molecule has 0 atom stereocenters. The molecule has 1 aliphatic rings. The number of nitrogens with one attached hydrogen (secondary N) is 1. The summed E-state index contributed by atoms with van der Waals surface area (Å²) in [5.74, 6) is 2.22. The Morgan fingerprint density at radius 2 is 2.17 bits per heavy atom. The number of halogens is 1. The number of aromatic nitrogens is 2. The molecular weight excluding hydrogens is 312 g/mol. The summed E-state index contributed by atoms with van der Waals surface area (Å²) in [6.45, 7) is 0.877. The lowest BCUT2D eigenvalue weighted by atomic mass is 9.83. The lowest BCUT2D eigenvalue weighted by Crippen LogP contribution is -2.16. The molecule has 2 aromatic rings. The molecule has 23 heavy (non-hydrogen) atoms. The predicted molar refractivity (Wildman–Crippen MR) is 93.9 cm³/mol. The van der Waals surface area contributed by atoms with E-state index < -0.39 is 0 Å². The van der Waals surface area contributed by atoms with Crippen LogP contribution in [0.4, 0.5) is 11.5 Å². The second kappa shape index (κ2) is 7.04. The van der Waals surface area contributed by atoms with Crippen molar-refractivity contribution in [1.29, 1.82) is 0 Å². The minimum absolute atomic E-state index is 0.521. The van der Waals surface area contributed by atoms with Crippen LogP contribution in [0.3, 0.4) is 0 Å². The maximum absolute atomic E-state index is 6.32.